The Labute approximate surface area is 172 Å². The van der Waals surface area contributed by atoms with Crippen molar-refractivity contribution in [2.24, 2.45) is 29.6 Å². The van der Waals surface area contributed by atoms with Crippen LogP contribution in [0.5, 0.6) is 0 Å². The quantitative estimate of drug-likeness (QED) is 0.707. The number of carboxylic acid groups (broad SMARTS) is 1. The van der Waals surface area contributed by atoms with Crippen molar-refractivity contribution in [2.45, 2.75) is 22.6 Å². The summed E-state index contributed by atoms with van der Waals surface area (Å²) in [6.45, 7) is -0.575. The van der Waals surface area contributed by atoms with Gasteiger partial charge < -0.3 is 14.5 Å². The van der Waals surface area contributed by atoms with Crippen molar-refractivity contribution in [2.75, 3.05) is 6.54 Å². The molecule has 3 fully saturated rings. The van der Waals surface area contributed by atoms with Crippen LogP contribution < -0.4 is 4.87 Å². The monoisotopic (exact) mass is 432 g/mol. The molecule has 7 atom stereocenters. The number of furan rings is 1. The lowest BCUT2D eigenvalue weighted by atomic mass is 9.69. The predicted octanol–water partition coefficient (Wildman–Crippen LogP) is 1.59. The maximum atomic E-state index is 13.0. The second kappa shape index (κ2) is 5.85. The highest BCUT2D eigenvalue weighted by Crippen LogP contribution is 2.68. The maximum Gasteiger partial charge on any atom is 0.323 e. The van der Waals surface area contributed by atoms with Gasteiger partial charge >= 0.3 is 10.8 Å². The van der Waals surface area contributed by atoms with Crippen LogP contribution in [0.3, 0.4) is 0 Å². The van der Waals surface area contributed by atoms with E-state index in [0.29, 0.717) is 0 Å². The lowest BCUT2D eigenvalue weighted by Gasteiger charge is -2.42. The highest BCUT2D eigenvalue weighted by Gasteiger charge is 2.69. The fraction of sp³-hybridized carbons (Fsp3) is 0.474. The minimum absolute atomic E-state index is 0.00995. The molecule has 4 heterocycles. The van der Waals surface area contributed by atoms with Crippen LogP contribution in [0.15, 0.2) is 32.6 Å². The number of carbonyl (C=O) groups excluding carboxylic acids is 2. The number of nitrogens with one attached hydrogen (secondary N) is 1. The van der Waals surface area contributed by atoms with E-state index in [1.165, 1.54) is 11.3 Å². The lowest BCUT2D eigenvalue weighted by Crippen LogP contribution is -2.42. The molecule has 0 aromatic carbocycles. The smallest absolute Gasteiger partial charge is 0.323 e. The number of thioether (sulfide) groups is 1. The Bertz CT molecular complexity index is 1100. The number of imide groups is 1. The fourth-order valence-electron chi connectivity index (χ4n) is 6.16. The first-order valence-electron chi connectivity index (χ1n) is 9.45. The number of carboxylic acids is 1. The van der Waals surface area contributed by atoms with Gasteiger partial charge in [-0.1, -0.05) is 11.3 Å². The average molecular weight is 432 g/mol. The molecule has 2 N–H and O–H groups in total. The number of aliphatic carboxylic acids is 1. The molecule has 2 bridgehead atoms. The maximum absolute atomic E-state index is 13.0. The van der Waals surface area contributed by atoms with Gasteiger partial charge in [0.15, 0.2) is 0 Å². The van der Waals surface area contributed by atoms with E-state index in [1.807, 2.05) is 12.1 Å². The summed E-state index contributed by atoms with van der Waals surface area (Å²) in [4.78, 5) is 53.8. The van der Waals surface area contributed by atoms with Gasteiger partial charge in [-0.15, -0.1) is 11.8 Å². The number of hydrogen-bond donors (Lipinski definition) is 2. The minimum atomic E-state index is -1.18. The van der Waals surface area contributed by atoms with Gasteiger partial charge in [0.25, 0.3) is 0 Å². The summed E-state index contributed by atoms with van der Waals surface area (Å²) in [5.41, 5.74) is 0. The van der Waals surface area contributed by atoms with Gasteiger partial charge in [0, 0.05) is 5.25 Å². The number of rotatable bonds is 3. The van der Waals surface area contributed by atoms with Crippen LogP contribution in [0.4, 0.5) is 0 Å². The van der Waals surface area contributed by atoms with Gasteiger partial charge in [-0.3, -0.25) is 24.1 Å². The van der Waals surface area contributed by atoms with E-state index in [2.05, 4.69) is 4.98 Å². The molecule has 150 valence electrons. The topological polar surface area (TPSA) is 121 Å². The Balaban J connectivity index is 1.45. The number of thiazole rings is 1. The number of likely N-dealkylation sites (tertiary alicyclic amines) is 1. The van der Waals surface area contributed by atoms with Crippen molar-refractivity contribution >= 4 is 40.9 Å². The van der Waals surface area contributed by atoms with Crippen LogP contribution in [-0.4, -0.2) is 44.6 Å². The number of fused-ring (bicyclic) bond motifs is 9. The average Bonchev–Trinajstić information content (AvgIpc) is 3.45. The van der Waals surface area contributed by atoms with Gasteiger partial charge in [-0.25, -0.2) is 0 Å². The van der Waals surface area contributed by atoms with Crippen molar-refractivity contribution in [1.29, 1.82) is 0 Å². The zero-order valence-electron chi connectivity index (χ0n) is 14.9. The molecule has 6 rings (SSSR count). The zero-order chi connectivity index (χ0) is 20.0. The zero-order valence-corrected chi connectivity index (χ0v) is 16.6. The number of hydrogen-bond acceptors (Lipinski definition) is 7. The standard InChI is InChI=1S/C19H16N2O6S2/c22-9(23)5-21-17(24)11-6-4-7(12(11)18(21)25)14-10(6)13(8-2-1-3-27-8)15-16(28-14)20-19(26)29-15/h1-3,6-7,10-14H,4-5H2,(H,20,26)(H,22,23)/t6-,7-,10+,11+,12-,13+,14+/m1/s1. The highest BCUT2D eigenvalue weighted by atomic mass is 32.2. The normalized spacial score (nSPS) is 37.0. The summed E-state index contributed by atoms with van der Waals surface area (Å²) < 4.78 is 5.73. The van der Waals surface area contributed by atoms with Crippen molar-refractivity contribution < 1.29 is 23.9 Å². The van der Waals surface area contributed by atoms with Crippen LogP contribution in [-0.2, 0) is 14.4 Å². The van der Waals surface area contributed by atoms with Crippen LogP contribution in [0, 0.1) is 29.6 Å². The highest BCUT2D eigenvalue weighted by molar-refractivity contribution is 8.00. The molecule has 2 aromatic rings. The minimum Gasteiger partial charge on any atom is -0.480 e. The molecule has 0 radical (unpaired) electrons. The Hall–Kier alpha value is -2.33. The predicted molar refractivity (Wildman–Crippen MR) is 102 cm³/mol. The van der Waals surface area contributed by atoms with Gasteiger partial charge in [0.05, 0.1) is 33.9 Å². The Morgan fingerprint density at radius 1 is 1.24 bits per heavy atom. The van der Waals surface area contributed by atoms with E-state index in [9.17, 15) is 19.2 Å². The first-order chi connectivity index (χ1) is 14.0. The molecule has 2 saturated carbocycles. The van der Waals surface area contributed by atoms with Gasteiger partial charge in [-0.2, -0.15) is 0 Å². The van der Waals surface area contributed by atoms with E-state index in [4.69, 9.17) is 9.52 Å². The molecule has 2 aromatic heterocycles. The molecule has 1 saturated heterocycles. The van der Waals surface area contributed by atoms with E-state index in [0.717, 1.165) is 27.0 Å². The largest absolute Gasteiger partial charge is 0.480 e. The Morgan fingerprint density at radius 3 is 2.69 bits per heavy atom. The first-order valence-corrected chi connectivity index (χ1v) is 11.2. The molecule has 0 spiro atoms. The Morgan fingerprint density at radius 2 is 2.00 bits per heavy atom. The van der Waals surface area contributed by atoms with Crippen LogP contribution >= 0.6 is 23.1 Å². The van der Waals surface area contributed by atoms with E-state index < -0.39 is 24.3 Å². The molecule has 2 aliphatic heterocycles. The molecular formula is C19H16N2O6S2. The molecule has 29 heavy (non-hydrogen) atoms. The SMILES string of the molecule is O=C(O)CN1C(=O)[C@@H]2[C@H]3C[C@@H]([C@@H]2C1=O)[C@H]1[C@H](c2ccco2)c2sc(=O)[nH]c2S[C@@H]31. The number of aromatic nitrogens is 1. The number of nitrogens with zero attached hydrogens (tertiary/aromatic N) is 1. The van der Waals surface area contributed by atoms with Gasteiger partial charge in [-0.05, 0) is 36.3 Å². The summed E-state index contributed by atoms with van der Waals surface area (Å²) in [6, 6.07) is 3.71. The van der Waals surface area contributed by atoms with E-state index in [1.54, 1.807) is 18.0 Å². The third kappa shape index (κ3) is 2.21. The second-order valence-electron chi connectivity index (χ2n) is 8.13. The van der Waals surface area contributed by atoms with Crippen molar-refractivity contribution in [3.63, 3.8) is 0 Å². The third-order valence-corrected chi connectivity index (χ3v) is 9.55. The molecule has 2 aliphatic carbocycles. The van der Waals surface area contributed by atoms with Gasteiger partial charge in [0.1, 0.15) is 12.3 Å². The summed E-state index contributed by atoms with van der Waals surface area (Å²) in [6.07, 6.45) is 2.38. The molecular weight excluding hydrogens is 416 g/mol. The number of H-pyrrole nitrogens is 1. The lowest BCUT2D eigenvalue weighted by molar-refractivity contribution is -0.149. The van der Waals surface area contributed by atoms with Crippen molar-refractivity contribution in [3.05, 3.63) is 38.7 Å². The molecule has 2 amide bonds. The van der Waals surface area contributed by atoms with Crippen LogP contribution in [0.25, 0.3) is 0 Å². The first kappa shape index (κ1) is 17.5. The number of aromatic amines is 1. The van der Waals surface area contributed by atoms with E-state index >= 15 is 0 Å². The summed E-state index contributed by atoms with van der Waals surface area (Å²) in [7, 11) is 0. The van der Waals surface area contributed by atoms with Gasteiger partial charge in [0.2, 0.25) is 11.8 Å². The summed E-state index contributed by atoms with van der Waals surface area (Å²) >= 11 is 2.77. The van der Waals surface area contributed by atoms with Crippen LogP contribution in [0.2, 0.25) is 0 Å². The number of amides is 2. The summed E-state index contributed by atoms with van der Waals surface area (Å²) in [5.74, 6) is -2.16. The van der Waals surface area contributed by atoms with E-state index in [-0.39, 0.29) is 45.6 Å². The van der Waals surface area contributed by atoms with Crippen molar-refractivity contribution in [1.82, 2.24) is 9.88 Å². The molecule has 4 aliphatic rings. The van der Waals surface area contributed by atoms with Crippen molar-refractivity contribution in [3.8, 4) is 0 Å². The summed E-state index contributed by atoms with van der Waals surface area (Å²) in [5, 5.41) is 10.0. The molecule has 0 unspecified atom stereocenters. The molecule has 10 heteroatoms. The Kier molecular flexibility index (Phi) is 3.54. The van der Waals surface area contributed by atoms with Crippen LogP contribution in [0.1, 0.15) is 23.0 Å². The third-order valence-electron chi connectivity index (χ3n) is 6.96. The second-order valence-corrected chi connectivity index (χ2v) is 10.3. The number of carbonyl (C=O) groups is 3. The molecule has 8 nitrogen and oxygen atoms in total. The fourth-order valence-corrected chi connectivity index (χ4v) is 9.03.